The highest BCUT2D eigenvalue weighted by Gasteiger charge is 2.06. The van der Waals surface area contributed by atoms with Gasteiger partial charge in [0, 0.05) is 17.7 Å². The van der Waals surface area contributed by atoms with Crippen LogP contribution in [0.2, 0.25) is 0 Å². The summed E-state index contributed by atoms with van der Waals surface area (Å²) in [7, 11) is 0. The van der Waals surface area contributed by atoms with Gasteiger partial charge in [0.2, 0.25) is 0 Å². The van der Waals surface area contributed by atoms with E-state index < -0.39 is 0 Å². The van der Waals surface area contributed by atoms with Gasteiger partial charge in [-0.25, -0.2) is 4.98 Å². The number of hydrogen-bond donors (Lipinski definition) is 3. The largest absolute Gasteiger partial charge is 0.508 e. The third-order valence-corrected chi connectivity index (χ3v) is 3.01. The van der Waals surface area contributed by atoms with Gasteiger partial charge in [0.25, 0.3) is 0 Å². The smallest absolute Gasteiger partial charge is 0.181 e. The molecule has 0 aliphatic rings. The van der Waals surface area contributed by atoms with Crippen LogP contribution in [0.25, 0.3) is 11.4 Å². The lowest BCUT2D eigenvalue weighted by atomic mass is 10.1. The highest BCUT2D eigenvalue weighted by molar-refractivity contribution is 5.55. The van der Waals surface area contributed by atoms with Crippen molar-refractivity contribution >= 4 is 5.69 Å². The molecule has 20 heavy (non-hydrogen) atoms. The molecule has 0 radical (unpaired) electrons. The number of aromatic nitrogens is 3. The zero-order chi connectivity index (χ0) is 13.9. The van der Waals surface area contributed by atoms with Crippen LogP contribution in [0.4, 0.5) is 5.69 Å². The Morgan fingerprint density at radius 1 is 1.00 bits per heavy atom. The fraction of sp³-hybridized carbons (Fsp3) is 0.0667. The molecular weight excluding hydrogens is 252 g/mol. The summed E-state index contributed by atoms with van der Waals surface area (Å²) < 4.78 is 0. The Morgan fingerprint density at radius 3 is 2.40 bits per heavy atom. The van der Waals surface area contributed by atoms with Gasteiger partial charge in [0.1, 0.15) is 11.6 Å². The number of nitrogens with zero attached hydrogens (tertiary/aromatic N) is 2. The third-order valence-electron chi connectivity index (χ3n) is 3.01. The second-order valence-electron chi connectivity index (χ2n) is 4.57. The molecule has 0 atom stereocenters. The Balaban J connectivity index is 1.80. The first-order chi connectivity index (χ1) is 9.70. The van der Waals surface area contributed by atoms with Crippen molar-refractivity contribution in [2.75, 3.05) is 5.73 Å². The first-order valence-electron chi connectivity index (χ1n) is 6.26. The quantitative estimate of drug-likeness (QED) is 0.635. The summed E-state index contributed by atoms with van der Waals surface area (Å²) in [6.07, 6.45) is 0.672. The fourth-order valence-electron chi connectivity index (χ4n) is 1.94. The Hall–Kier alpha value is -2.82. The summed E-state index contributed by atoms with van der Waals surface area (Å²) in [6, 6.07) is 14.5. The number of nitrogens with one attached hydrogen (secondary N) is 1. The normalized spacial score (nSPS) is 10.6. The minimum Gasteiger partial charge on any atom is -0.508 e. The summed E-state index contributed by atoms with van der Waals surface area (Å²) >= 11 is 0. The number of phenolic OH excluding ortho intramolecular Hbond substituents is 1. The van der Waals surface area contributed by atoms with Crippen LogP contribution in [-0.4, -0.2) is 20.3 Å². The van der Waals surface area contributed by atoms with Crippen LogP contribution in [0, 0.1) is 0 Å². The maximum absolute atomic E-state index is 9.27. The van der Waals surface area contributed by atoms with Crippen LogP contribution >= 0.6 is 0 Å². The van der Waals surface area contributed by atoms with Gasteiger partial charge in [0.15, 0.2) is 5.82 Å². The Bertz CT molecular complexity index is 701. The molecule has 4 N–H and O–H groups in total. The van der Waals surface area contributed by atoms with Gasteiger partial charge in [-0.1, -0.05) is 12.1 Å². The maximum Gasteiger partial charge on any atom is 0.181 e. The molecule has 5 heteroatoms. The molecule has 0 spiro atoms. The number of anilines is 1. The van der Waals surface area contributed by atoms with E-state index in [0.717, 1.165) is 22.6 Å². The van der Waals surface area contributed by atoms with E-state index in [1.54, 1.807) is 24.3 Å². The van der Waals surface area contributed by atoms with Crippen molar-refractivity contribution in [3.63, 3.8) is 0 Å². The lowest BCUT2D eigenvalue weighted by molar-refractivity contribution is 0.475. The molecule has 0 saturated heterocycles. The molecule has 3 aromatic rings. The van der Waals surface area contributed by atoms with Crippen LogP contribution in [-0.2, 0) is 6.42 Å². The summed E-state index contributed by atoms with van der Waals surface area (Å²) in [5.41, 5.74) is 8.38. The van der Waals surface area contributed by atoms with Gasteiger partial charge in [-0.15, -0.1) is 0 Å². The van der Waals surface area contributed by atoms with Crippen LogP contribution in [0.3, 0.4) is 0 Å². The van der Waals surface area contributed by atoms with Crippen LogP contribution in [0.5, 0.6) is 5.75 Å². The first kappa shape index (κ1) is 12.2. The van der Waals surface area contributed by atoms with E-state index in [2.05, 4.69) is 15.2 Å². The molecule has 100 valence electrons. The molecular formula is C15H14N4O. The summed E-state index contributed by atoms with van der Waals surface area (Å²) in [6.45, 7) is 0. The first-order valence-corrected chi connectivity index (χ1v) is 6.26. The van der Waals surface area contributed by atoms with E-state index in [1.807, 2.05) is 24.3 Å². The molecule has 0 bridgehead atoms. The topological polar surface area (TPSA) is 87.8 Å². The number of nitrogen functional groups attached to an aromatic ring is 1. The average molecular weight is 266 g/mol. The van der Waals surface area contributed by atoms with Gasteiger partial charge in [-0.2, -0.15) is 5.10 Å². The molecule has 0 saturated carbocycles. The van der Waals surface area contributed by atoms with Crippen molar-refractivity contribution in [2.24, 2.45) is 0 Å². The lowest BCUT2D eigenvalue weighted by Gasteiger charge is -1.98. The molecule has 5 nitrogen and oxygen atoms in total. The molecule has 0 unspecified atom stereocenters. The lowest BCUT2D eigenvalue weighted by Crippen LogP contribution is -1.92. The van der Waals surface area contributed by atoms with E-state index in [9.17, 15) is 5.11 Å². The van der Waals surface area contributed by atoms with Crippen LogP contribution in [0.15, 0.2) is 48.5 Å². The molecule has 0 amide bonds. The predicted molar refractivity (Wildman–Crippen MR) is 77.1 cm³/mol. The minimum atomic E-state index is 0.228. The van der Waals surface area contributed by atoms with Crippen molar-refractivity contribution < 1.29 is 5.11 Å². The van der Waals surface area contributed by atoms with E-state index in [1.165, 1.54) is 0 Å². The Kier molecular flexibility index (Phi) is 3.09. The van der Waals surface area contributed by atoms with Gasteiger partial charge < -0.3 is 10.8 Å². The number of aromatic hydroxyl groups is 1. The van der Waals surface area contributed by atoms with Crippen LogP contribution < -0.4 is 5.73 Å². The fourth-order valence-corrected chi connectivity index (χ4v) is 1.94. The number of nitrogens with two attached hydrogens (primary N) is 1. The van der Waals surface area contributed by atoms with E-state index >= 15 is 0 Å². The number of H-pyrrole nitrogens is 1. The van der Waals surface area contributed by atoms with Gasteiger partial charge in [-0.05, 0) is 42.0 Å². The highest BCUT2D eigenvalue weighted by atomic mass is 16.3. The van der Waals surface area contributed by atoms with Gasteiger partial charge in [0.05, 0.1) is 0 Å². The molecule has 0 aliphatic heterocycles. The van der Waals surface area contributed by atoms with Gasteiger partial charge >= 0.3 is 0 Å². The highest BCUT2D eigenvalue weighted by Crippen LogP contribution is 2.19. The summed E-state index contributed by atoms with van der Waals surface area (Å²) in [4.78, 5) is 4.45. The molecule has 1 aromatic heterocycles. The average Bonchev–Trinajstić information content (AvgIpc) is 2.91. The molecule has 3 rings (SSSR count). The monoisotopic (exact) mass is 266 g/mol. The summed E-state index contributed by atoms with van der Waals surface area (Å²) in [5, 5.41) is 16.4. The number of benzene rings is 2. The van der Waals surface area contributed by atoms with Crippen molar-refractivity contribution in [1.82, 2.24) is 15.2 Å². The van der Waals surface area contributed by atoms with Gasteiger partial charge in [-0.3, -0.25) is 5.10 Å². The minimum absolute atomic E-state index is 0.228. The SMILES string of the molecule is Nc1ccc(Cc2nc(-c3ccc(O)cc3)n[nH]2)cc1. The second-order valence-corrected chi connectivity index (χ2v) is 4.57. The zero-order valence-corrected chi connectivity index (χ0v) is 10.7. The number of aromatic amines is 1. The third kappa shape index (κ3) is 2.61. The van der Waals surface area contributed by atoms with Crippen molar-refractivity contribution in [3.05, 3.63) is 59.9 Å². The van der Waals surface area contributed by atoms with E-state index in [-0.39, 0.29) is 5.75 Å². The summed E-state index contributed by atoms with van der Waals surface area (Å²) in [5.74, 6) is 1.64. The standard InChI is InChI=1S/C15H14N4O/c16-12-5-1-10(2-6-12)9-14-17-15(19-18-14)11-3-7-13(20)8-4-11/h1-8,20H,9,16H2,(H,17,18,19). The predicted octanol–water partition coefficient (Wildman–Crippen LogP) is 2.35. The van der Waals surface area contributed by atoms with Crippen molar-refractivity contribution in [2.45, 2.75) is 6.42 Å². The number of phenols is 1. The van der Waals surface area contributed by atoms with E-state index in [4.69, 9.17) is 5.73 Å². The van der Waals surface area contributed by atoms with E-state index in [0.29, 0.717) is 12.2 Å². The van der Waals surface area contributed by atoms with Crippen molar-refractivity contribution in [1.29, 1.82) is 0 Å². The Morgan fingerprint density at radius 2 is 1.70 bits per heavy atom. The maximum atomic E-state index is 9.27. The number of rotatable bonds is 3. The molecule has 0 fully saturated rings. The molecule has 0 aliphatic carbocycles. The van der Waals surface area contributed by atoms with Crippen molar-refractivity contribution in [3.8, 4) is 17.1 Å². The zero-order valence-electron chi connectivity index (χ0n) is 10.7. The molecule has 2 aromatic carbocycles. The molecule has 1 heterocycles. The van der Waals surface area contributed by atoms with Crippen LogP contribution in [0.1, 0.15) is 11.4 Å². The Labute approximate surface area is 116 Å². The second kappa shape index (κ2) is 5.05. The number of hydrogen-bond acceptors (Lipinski definition) is 4.